The zero-order valence-corrected chi connectivity index (χ0v) is 33.8. The van der Waals surface area contributed by atoms with Crippen molar-refractivity contribution in [1.29, 1.82) is 0 Å². The zero-order chi connectivity index (χ0) is 37.8. The molecule has 0 saturated heterocycles. The second-order valence-corrected chi connectivity index (χ2v) is 15.2. The zero-order valence-electron chi connectivity index (χ0n) is 33.8. The van der Waals surface area contributed by atoms with Gasteiger partial charge in [0.15, 0.2) is 12.1 Å². The summed E-state index contributed by atoms with van der Waals surface area (Å²) in [7, 11) is 5.52. The first-order chi connectivity index (χ1) is 24.6. The lowest BCUT2D eigenvalue weighted by Gasteiger charge is -2.31. The number of rotatable bonds is 37. The Morgan fingerprint density at radius 1 is 0.588 bits per heavy atom. The predicted octanol–water partition coefficient (Wildman–Crippen LogP) is 10.9. The SMILES string of the molecule is CCCCC/C=C/C/C=C/CCCCCCCCCC(=O)OC(COCCC(C(=O)O)[N+](C)(C)C)COC(=O)CCCCCCCCCCCC. The summed E-state index contributed by atoms with van der Waals surface area (Å²) in [6.07, 6.45) is 36.4. The molecule has 51 heavy (non-hydrogen) atoms. The third-order valence-electron chi connectivity index (χ3n) is 9.35. The first-order valence-electron chi connectivity index (χ1n) is 20.9. The van der Waals surface area contributed by atoms with Crippen LogP contribution in [0.4, 0.5) is 0 Å². The topological polar surface area (TPSA) is 99.1 Å². The number of carbonyl (C=O) groups is 3. The number of quaternary nitrogens is 1. The average Bonchev–Trinajstić information content (AvgIpc) is 3.08. The van der Waals surface area contributed by atoms with Crippen LogP contribution >= 0.6 is 0 Å². The summed E-state index contributed by atoms with van der Waals surface area (Å²) < 4.78 is 17.2. The monoisotopic (exact) mass is 723 g/mol. The van der Waals surface area contributed by atoms with E-state index in [1.54, 1.807) is 0 Å². The molecular formula is C43H80NO7+. The van der Waals surface area contributed by atoms with Crippen LogP contribution in [0.25, 0.3) is 0 Å². The molecule has 298 valence electrons. The minimum atomic E-state index is -0.876. The van der Waals surface area contributed by atoms with Gasteiger partial charge in [0.1, 0.15) is 6.61 Å². The van der Waals surface area contributed by atoms with Crippen LogP contribution in [0.3, 0.4) is 0 Å². The Labute approximate surface area is 313 Å². The van der Waals surface area contributed by atoms with Crippen molar-refractivity contribution in [1.82, 2.24) is 0 Å². The molecule has 2 atom stereocenters. The van der Waals surface area contributed by atoms with Crippen molar-refractivity contribution in [3.8, 4) is 0 Å². The number of carbonyl (C=O) groups excluding carboxylic acids is 2. The molecule has 8 heteroatoms. The Bertz CT molecular complexity index is 895. The maximum absolute atomic E-state index is 12.7. The van der Waals surface area contributed by atoms with E-state index in [9.17, 15) is 19.5 Å². The number of esters is 2. The first-order valence-corrected chi connectivity index (χ1v) is 20.9. The lowest BCUT2D eigenvalue weighted by molar-refractivity contribution is -0.887. The lowest BCUT2D eigenvalue weighted by Crippen LogP contribution is -2.50. The first kappa shape index (κ1) is 48.8. The van der Waals surface area contributed by atoms with E-state index in [2.05, 4.69) is 38.2 Å². The third-order valence-corrected chi connectivity index (χ3v) is 9.35. The van der Waals surface area contributed by atoms with Crippen LogP contribution in [0.2, 0.25) is 0 Å². The minimum absolute atomic E-state index is 0.0506. The lowest BCUT2D eigenvalue weighted by atomic mass is 10.1. The van der Waals surface area contributed by atoms with Gasteiger partial charge in [-0.2, -0.15) is 0 Å². The van der Waals surface area contributed by atoms with E-state index in [1.165, 1.54) is 96.3 Å². The van der Waals surface area contributed by atoms with Gasteiger partial charge in [-0.05, 0) is 44.9 Å². The molecule has 1 N–H and O–H groups in total. The second kappa shape index (κ2) is 34.9. The molecule has 0 aromatic heterocycles. The maximum atomic E-state index is 12.7. The van der Waals surface area contributed by atoms with Crippen LogP contribution in [0, 0.1) is 0 Å². The highest BCUT2D eigenvalue weighted by Crippen LogP contribution is 2.14. The number of nitrogens with zero attached hydrogens (tertiary/aromatic N) is 1. The van der Waals surface area contributed by atoms with E-state index in [4.69, 9.17) is 14.2 Å². The van der Waals surface area contributed by atoms with Crippen molar-refractivity contribution >= 4 is 17.9 Å². The number of hydrogen-bond donors (Lipinski definition) is 1. The van der Waals surface area contributed by atoms with Gasteiger partial charge in [0.05, 0.1) is 34.4 Å². The third kappa shape index (κ3) is 33.4. The predicted molar refractivity (Wildman–Crippen MR) is 211 cm³/mol. The quantitative estimate of drug-likeness (QED) is 0.0295. The average molecular weight is 723 g/mol. The van der Waals surface area contributed by atoms with E-state index in [1.807, 2.05) is 21.1 Å². The largest absolute Gasteiger partial charge is 0.477 e. The Morgan fingerprint density at radius 3 is 1.55 bits per heavy atom. The van der Waals surface area contributed by atoms with Gasteiger partial charge in [-0.1, -0.05) is 141 Å². The number of hydrogen-bond acceptors (Lipinski definition) is 6. The number of likely N-dealkylation sites (N-methyl/N-ethyl adjacent to an activating group) is 1. The number of unbranched alkanes of at least 4 members (excludes halogenated alkanes) is 19. The molecule has 8 nitrogen and oxygen atoms in total. The Kier molecular flexibility index (Phi) is 33.4. The number of aliphatic carboxylic acids is 1. The smallest absolute Gasteiger partial charge is 0.362 e. The molecule has 0 fully saturated rings. The molecular weight excluding hydrogens is 642 g/mol. The molecule has 0 aliphatic heterocycles. The summed E-state index contributed by atoms with van der Waals surface area (Å²) >= 11 is 0. The van der Waals surface area contributed by atoms with Crippen molar-refractivity contribution in [2.75, 3.05) is 41.0 Å². The molecule has 0 rings (SSSR count). The molecule has 0 heterocycles. The van der Waals surface area contributed by atoms with Crippen LogP contribution in [0.1, 0.15) is 181 Å². The summed E-state index contributed by atoms with van der Waals surface area (Å²) in [6, 6.07) is -0.612. The second-order valence-electron chi connectivity index (χ2n) is 15.2. The van der Waals surface area contributed by atoms with E-state index >= 15 is 0 Å². The Balaban J connectivity index is 4.36. The van der Waals surface area contributed by atoms with Crippen LogP contribution in [0.5, 0.6) is 0 Å². The van der Waals surface area contributed by atoms with E-state index in [-0.39, 0.29) is 36.2 Å². The van der Waals surface area contributed by atoms with Crippen molar-refractivity contribution in [3.05, 3.63) is 24.3 Å². The summed E-state index contributed by atoms with van der Waals surface area (Å²) in [5.74, 6) is -1.47. The van der Waals surface area contributed by atoms with Crippen LogP contribution < -0.4 is 0 Å². The van der Waals surface area contributed by atoms with Gasteiger partial charge in [-0.3, -0.25) is 9.59 Å². The standard InChI is InChI=1S/C43H79NO7/c1-6-8-10-12-14-16-18-19-20-21-22-23-24-26-28-30-32-34-42(46)51-39(37-49-36-35-40(43(47)48)44(3,4)5)38-50-41(45)33-31-29-27-25-17-15-13-11-9-7-2/h14,16,19-20,39-40H,6-13,15,17-18,21-38H2,1-5H3/p+1/b16-14+,20-19+. The number of ether oxygens (including phenoxy) is 3. The summed E-state index contributed by atoms with van der Waals surface area (Å²) in [4.78, 5) is 36.8. The van der Waals surface area contributed by atoms with Gasteiger partial charge in [0.25, 0.3) is 0 Å². The molecule has 0 radical (unpaired) electrons. The van der Waals surface area contributed by atoms with Gasteiger partial charge in [0.2, 0.25) is 0 Å². The van der Waals surface area contributed by atoms with Crippen LogP contribution in [-0.4, -0.2) is 80.6 Å². The molecule has 0 bridgehead atoms. The van der Waals surface area contributed by atoms with Gasteiger partial charge < -0.3 is 23.8 Å². The van der Waals surface area contributed by atoms with Gasteiger partial charge in [-0.25, -0.2) is 4.79 Å². The highest BCUT2D eigenvalue weighted by atomic mass is 16.6. The maximum Gasteiger partial charge on any atom is 0.362 e. The molecule has 0 aromatic carbocycles. The molecule has 0 aliphatic rings. The number of allylic oxidation sites excluding steroid dienone is 4. The van der Waals surface area contributed by atoms with Crippen molar-refractivity contribution in [2.24, 2.45) is 0 Å². The van der Waals surface area contributed by atoms with E-state index in [0.29, 0.717) is 19.3 Å². The highest BCUT2D eigenvalue weighted by molar-refractivity contribution is 5.72. The van der Waals surface area contributed by atoms with Crippen molar-refractivity contribution < 1.29 is 38.2 Å². The van der Waals surface area contributed by atoms with Crippen LogP contribution in [0.15, 0.2) is 24.3 Å². The molecule has 2 unspecified atom stereocenters. The van der Waals surface area contributed by atoms with Crippen LogP contribution in [-0.2, 0) is 28.6 Å². The highest BCUT2D eigenvalue weighted by Gasteiger charge is 2.31. The van der Waals surface area contributed by atoms with Gasteiger partial charge in [0, 0.05) is 19.3 Å². The molecule has 0 aliphatic carbocycles. The summed E-state index contributed by atoms with van der Waals surface area (Å²) in [5.41, 5.74) is 0. The van der Waals surface area contributed by atoms with Gasteiger partial charge in [-0.15, -0.1) is 0 Å². The Morgan fingerprint density at radius 2 is 1.04 bits per heavy atom. The fourth-order valence-electron chi connectivity index (χ4n) is 6.06. The van der Waals surface area contributed by atoms with Gasteiger partial charge >= 0.3 is 17.9 Å². The molecule has 0 amide bonds. The summed E-state index contributed by atoms with van der Waals surface area (Å²) in [5, 5.41) is 9.59. The number of carboxylic acid groups (broad SMARTS) is 1. The van der Waals surface area contributed by atoms with E-state index < -0.39 is 18.1 Å². The fraction of sp³-hybridized carbons (Fsp3) is 0.837. The molecule has 0 aromatic rings. The van der Waals surface area contributed by atoms with Crippen molar-refractivity contribution in [2.45, 2.75) is 193 Å². The minimum Gasteiger partial charge on any atom is -0.477 e. The molecule has 0 spiro atoms. The fourth-order valence-corrected chi connectivity index (χ4v) is 6.06. The Hall–Kier alpha value is -2.19. The van der Waals surface area contributed by atoms with Crippen molar-refractivity contribution in [3.63, 3.8) is 0 Å². The van der Waals surface area contributed by atoms with E-state index in [0.717, 1.165) is 51.4 Å². The molecule has 0 saturated carbocycles. The normalized spacial score (nSPS) is 13.2. The number of carboxylic acids is 1. The summed E-state index contributed by atoms with van der Waals surface area (Å²) in [6.45, 7) is 4.69.